The van der Waals surface area contributed by atoms with Crippen LogP contribution in [0.3, 0.4) is 0 Å². The lowest BCUT2D eigenvalue weighted by molar-refractivity contribution is 0.263. The number of hydrogen-bond acceptors (Lipinski definition) is 19. The topological polar surface area (TPSA) is 169 Å². The molecule has 16 aromatic rings. The molecule has 0 fully saturated rings. The molecule has 10 aromatic heterocycles. The molecule has 516 valence electrons. The van der Waals surface area contributed by atoms with E-state index in [-0.39, 0.29) is 24.7 Å². The molecule has 14 heterocycles. The van der Waals surface area contributed by atoms with Gasteiger partial charge in [0.1, 0.15) is 24.7 Å². The smallest absolute Gasteiger partial charge is 0.227 e. The molecule has 0 radical (unpaired) electrons. The number of aromatic nitrogens is 7. The van der Waals surface area contributed by atoms with E-state index in [0.717, 1.165) is 145 Å². The molecule has 4 aliphatic rings. The summed E-state index contributed by atoms with van der Waals surface area (Å²) in [7, 11) is 0. The number of rotatable bonds is 7. The van der Waals surface area contributed by atoms with E-state index >= 15 is 0 Å². The van der Waals surface area contributed by atoms with Crippen LogP contribution in [0.1, 0.15) is 69.3 Å². The number of hydrogen-bond donors (Lipinski definition) is 0. The van der Waals surface area contributed by atoms with Gasteiger partial charge in [0.05, 0.1) is 29.8 Å². The van der Waals surface area contributed by atoms with Gasteiger partial charge in [-0.1, -0.05) is 84.9 Å². The van der Waals surface area contributed by atoms with Crippen LogP contribution >= 0.6 is 0 Å². The van der Waals surface area contributed by atoms with Crippen molar-refractivity contribution in [3.8, 4) is 0 Å². The predicted octanol–water partition coefficient (Wildman–Crippen LogP) is 20.5. The third kappa shape index (κ3) is 10.7. The van der Waals surface area contributed by atoms with Crippen LogP contribution in [0.4, 0.5) is 57.3 Å². The minimum Gasteiger partial charge on any atom is -0.435 e. The molecular weight excluding hydrogens is 1300 g/mol. The van der Waals surface area contributed by atoms with E-state index in [2.05, 4.69) is 176 Å². The molecule has 19 heteroatoms. The average Bonchev–Trinajstić information content (AvgIpc) is 1.57. The van der Waals surface area contributed by atoms with Crippen LogP contribution in [0.25, 0.3) is 88.3 Å². The summed E-state index contributed by atoms with van der Waals surface area (Å²) >= 11 is 0. The summed E-state index contributed by atoms with van der Waals surface area (Å²) in [4.78, 5) is 48.1. The van der Waals surface area contributed by atoms with Gasteiger partial charge in [-0.05, 0) is 176 Å². The van der Waals surface area contributed by atoms with Crippen LogP contribution in [-0.2, 0) is 0 Å². The van der Waals surface area contributed by atoms with Crippen molar-refractivity contribution in [3.63, 3.8) is 0 Å². The van der Waals surface area contributed by atoms with Crippen LogP contribution in [0.2, 0.25) is 0 Å². The second-order valence-corrected chi connectivity index (χ2v) is 26.7. The molecule has 0 bridgehead atoms. The van der Waals surface area contributed by atoms with Crippen molar-refractivity contribution in [2.45, 2.75) is 99.9 Å². The fourth-order valence-electron chi connectivity index (χ4n) is 15.2. The minimum absolute atomic E-state index is 0.0303. The first-order valence-electron chi connectivity index (χ1n) is 36.8. The third-order valence-electron chi connectivity index (χ3n) is 20.2. The van der Waals surface area contributed by atoms with E-state index in [1.807, 2.05) is 141 Å². The Morgan fingerprint density at radius 3 is 1.13 bits per heavy atom. The number of fused-ring (bicyclic) bond motifs is 14. The normalized spacial score (nSPS) is 17.6. The van der Waals surface area contributed by atoms with Crippen LogP contribution < -0.4 is 29.4 Å². The predicted molar refractivity (Wildman–Crippen MR) is 419 cm³/mol. The number of nitrogens with zero attached hydrogens (tertiary/aromatic N) is 15. The molecule has 0 aliphatic carbocycles. The van der Waals surface area contributed by atoms with E-state index in [0.29, 0.717) is 22.9 Å². The van der Waals surface area contributed by atoms with Gasteiger partial charge in [-0.2, -0.15) is 0 Å². The van der Waals surface area contributed by atoms with E-state index < -0.39 is 13.0 Å². The zero-order valence-electron chi connectivity index (χ0n) is 63.2. The van der Waals surface area contributed by atoms with Crippen LogP contribution in [-0.4, -0.2) is 82.3 Å². The zero-order chi connectivity index (χ0) is 74.6. The molecule has 0 N–H and O–H groups in total. The molecule has 6 aromatic carbocycles. The Kier molecular flexibility index (Phi) is 15.0. The first-order valence-corrected chi connectivity index (χ1v) is 34.8. The van der Waals surface area contributed by atoms with Crippen LogP contribution in [0.15, 0.2) is 256 Å². The van der Waals surface area contributed by atoms with Gasteiger partial charge in [0.15, 0.2) is 39.8 Å². The lowest BCUT2D eigenvalue weighted by atomic mass is 10.1. The number of anilines is 10. The quantitative estimate of drug-likeness (QED) is 0.148. The van der Waals surface area contributed by atoms with Crippen molar-refractivity contribution in [3.05, 3.63) is 260 Å². The van der Waals surface area contributed by atoms with Crippen molar-refractivity contribution in [1.29, 1.82) is 0 Å². The second-order valence-electron chi connectivity index (χ2n) is 26.7. The Hall–Kier alpha value is -12.8. The summed E-state index contributed by atoms with van der Waals surface area (Å²) in [5.74, 6) is 2.60. The Bertz CT molecular complexity index is 5820. The van der Waals surface area contributed by atoms with Gasteiger partial charge in [-0.3, -0.25) is 4.90 Å². The number of pyridine rings is 5. The Morgan fingerprint density at radius 1 is 0.337 bits per heavy atom. The van der Waals surface area contributed by atoms with Gasteiger partial charge < -0.3 is 52.0 Å². The van der Waals surface area contributed by atoms with Crippen molar-refractivity contribution in [1.82, 2.24) is 44.7 Å². The van der Waals surface area contributed by atoms with E-state index in [1.165, 1.54) is 4.90 Å². The first-order chi connectivity index (χ1) is 52.2. The molecule has 4 aliphatic heterocycles. The molecule has 0 spiro atoms. The SMILES string of the molecule is Cc1ccc2c(oc3ncccc32)c1N1c2cccnc2N(c2ccccc2)C1C.Cc1ccc2c(oc3ncccc32)c1N1c2nccnc2N(c2ccccc2)C1C.[2H]C(C)(C)N1C=CN(c2c(C)ccc3c2oc2ncccc23)C1C.[2H]C([2H])([2H])N1C=CN(c2c(C)ccc3c2oc2ncccc23)C1C. The highest BCUT2D eigenvalue weighted by Crippen LogP contribution is 2.52. The van der Waals surface area contributed by atoms with Gasteiger partial charge in [0, 0.05) is 140 Å². The lowest BCUT2D eigenvalue weighted by Crippen LogP contribution is -2.39. The number of aryl methyl sites for hydroxylation is 4. The maximum atomic E-state index is 8.33. The first kappa shape index (κ1) is 60.0. The maximum absolute atomic E-state index is 8.33. The summed E-state index contributed by atoms with van der Waals surface area (Å²) in [6.07, 6.45) is 19.4. The zero-order valence-corrected chi connectivity index (χ0v) is 59.2. The van der Waals surface area contributed by atoms with Crippen molar-refractivity contribution < 1.29 is 23.2 Å². The van der Waals surface area contributed by atoms with E-state index in [4.69, 9.17) is 33.1 Å². The monoisotopic (exact) mass is 1380 g/mol. The van der Waals surface area contributed by atoms with Crippen LogP contribution in [0, 0.1) is 27.7 Å². The van der Waals surface area contributed by atoms with Crippen LogP contribution in [0.5, 0.6) is 0 Å². The van der Waals surface area contributed by atoms with Gasteiger partial charge >= 0.3 is 0 Å². The number of para-hydroxylation sites is 2. The molecular formula is C85H77N15O4. The Balaban J connectivity index is 0.000000106. The number of benzene rings is 6. The number of furan rings is 4. The molecule has 20 rings (SSSR count). The summed E-state index contributed by atoms with van der Waals surface area (Å²) in [5.41, 5.74) is 17.5. The van der Waals surface area contributed by atoms with Crippen molar-refractivity contribution in [2.24, 2.45) is 0 Å². The standard InChI is InChI=1S/C25H20N4O.C24H19N5O.C19H21N3O.C17H17N3O/c1-16-12-13-19-20-10-6-15-27-25(20)30-23(19)22(16)29-17(2)28(18-8-4-3-5-9-18)24-21(29)11-7-14-26-24;1-15-10-11-18-19-9-6-12-27-24(19)30-21(18)20(15)29-16(2)28(17-7-4-3-5-8-17)22-23(29)26-14-13-25-22;1-12(2)21-10-11-22(14(21)4)17-13(3)7-8-15-16-6-5-9-20-19(16)23-18(15)17;1-11-6-7-13-14-5-4-8-18-17(14)21-16(13)15(11)20-10-9-19(3)12(20)2/h3-15,17H,1-2H3;3-14,16H,1-2H3;5-12,14H,1-4H3;4-10,12H,1-3H3/i;;12D;3D3. The van der Waals surface area contributed by atoms with E-state index in [1.54, 1.807) is 49.6 Å². The highest BCUT2D eigenvalue weighted by molar-refractivity contribution is 6.13. The summed E-state index contributed by atoms with van der Waals surface area (Å²) in [6.45, 7) is 18.3. The maximum Gasteiger partial charge on any atom is 0.227 e. The average molecular weight is 1380 g/mol. The van der Waals surface area contributed by atoms with Crippen molar-refractivity contribution in [2.75, 3.05) is 36.4 Å². The van der Waals surface area contributed by atoms with E-state index in [9.17, 15) is 0 Å². The molecule has 0 saturated heterocycles. The fourth-order valence-corrected chi connectivity index (χ4v) is 15.2. The molecule has 4 atom stereocenters. The molecule has 4 unspecified atom stereocenters. The summed E-state index contributed by atoms with van der Waals surface area (Å²) in [6, 6.07) is 56.7. The third-order valence-corrected chi connectivity index (χ3v) is 20.2. The van der Waals surface area contributed by atoms with Gasteiger partial charge in [0.25, 0.3) is 0 Å². The molecule has 0 amide bonds. The minimum atomic E-state index is -2.18. The summed E-state index contributed by atoms with van der Waals surface area (Å²) in [5, 5.41) is 8.21. The molecule has 0 saturated carbocycles. The largest absolute Gasteiger partial charge is 0.435 e. The lowest BCUT2D eigenvalue weighted by Gasteiger charge is -2.33. The summed E-state index contributed by atoms with van der Waals surface area (Å²) < 4.78 is 56.0. The second kappa shape index (κ2) is 26.0. The highest BCUT2D eigenvalue weighted by Gasteiger charge is 2.41. The Labute approximate surface area is 607 Å². The molecule has 104 heavy (non-hydrogen) atoms. The Morgan fingerprint density at radius 2 is 0.702 bits per heavy atom. The highest BCUT2D eigenvalue weighted by atomic mass is 16.4. The van der Waals surface area contributed by atoms with Gasteiger partial charge in [-0.15, -0.1) is 0 Å². The molecule has 19 nitrogen and oxygen atoms in total. The van der Waals surface area contributed by atoms with Gasteiger partial charge in [0.2, 0.25) is 22.9 Å². The fraction of sp³-hybridized carbons (Fsp3) is 0.188. The van der Waals surface area contributed by atoms with Crippen molar-refractivity contribution >= 4 is 146 Å². The van der Waals surface area contributed by atoms with Gasteiger partial charge in [-0.25, -0.2) is 34.9 Å².